The van der Waals surface area contributed by atoms with E-state index in [1.54, 1.807) is 11.3 Å². The van der Waals surface area contributed by atoms with Crippen LogP contribution in [0, 0.1) is 11.3 Å². The second-order valence-corrected chi connectivity index (χ2v) is 13.7. The molecule has 0 saturated carbocycles. The summed E-state index contributed by atoms with van der Waals surface area (Å²) in [6.07, 6.45) is 0. The van der Waals surface area contributed by atoms with E-state index in [4.69, 9.17) is 4.98 Å². The molecule has 0 saturated heterocycles. The van der Waals surface area contributed by atoms with Gasteiger partial charge in [-0.2, -0.15) is 5.26 Å². The Morgan fingerprint density at radius 2 is 1.04 bits per heavy atom. The minimum atomic E-state index is 0.692. The van der Waals surface area contributed by atoms with E-state index in [0.29, 0.717) is 5.56 Å². The highest BCUT2D eigenvalue weighted by Crippen LogP contribution is 2.43. The van der Waals surface area contributed by atoms with E-state index < -0.39 is 0 Å². The lowest BCUT2D eigenvalue weighted by atomic mass is 9.87. The lowest BCUT2D eigenvalue weighted by Gasteiger charge is -2.17. The van der Waals surface area contributed by atoms with E-state index in [0.717, 1.165) is 27.9 Å². The molecule has 0 fully saturated rings. The van der Waals surface area contributed by atoms with Crippen LogP contribution >= 0.6 is 11.3 Å². The molecule has 0 spiro atoms. The summed E-state index contributed by atoms with van der Waals surface area (Å²) < 4.78 is 2.44. The summed E-state index contributed by atoms with van der Waals surface area (Å²) in [7, 11) is 0. The van der Waals surface area contributed by atoms with Crippen LogP contribution in [0.2, 0.25) is 0 Å². The molecule has 0 aliphatic heterocycles. The van der Waals surface area contributed by atoms with Gasteiger partial charge in [0.05, 0.1) is 23.0 Å². The third-order valence-corrected chi connectivity index (χ3v) is 11.0. The Morgan fingerprint density at radius 1 is 0.429 bits per heavy atom. The molecule has 0 N–H and O–H groups in total. The molecule has 2 heterocycles. The predicted octanol–water partition coefficient (Wildman–Crippen LogP) is 12.9. The lowest BCUT2D eigenvalue weighted by molar-refractivity contribution is 1.33. The maximum atomic E-state index is 9.51. The second-order valence-electron chi connectivity index (χ2n) is 12.6. The van der Waals surface area contributed by atoms with Crippen molar-refractivity contribution in [2.24, 2.45) is 0 Å². The molecule has 49 heavy (non-hydrogen) atoms. The number of nitriles is 1. The van der Waals surface area contributed by atoms with Gasteiger partial charge in [-0.15, -0.1) is 11.3 Å². The van der Waals surface area contributed by atoms with Gasteiger partial charge in [-0.05, 0) is 103 Å². The number of fused-ring (bicyclic) bond motifs is 3. The standard InChI is InChI=1S/C46H26N2S/c47-27-28-12-22-43-39(24-28)40-26-33(17-23-44(40)49-43)32-8-4-9-34(25-32)35-18-13-30-16-21-38-36(19-14-31-15-20-37(35)45(30)46(31)38)42-11-5-10-41(48-42)29-6-2-1-3-7-29/h1-26H. The van der Waals surface area contributed by atoms with E-state index in [1.165, 1.54) is 69.4 Å². The van der Waals surface area contributed by atoms with Gasteiger partial charge in [-0.25, -0.2) is 4.98 Å². The van der Waals surface area contributed by atoms with Gasteiger partial charge in [0.15, 0.2) is 0 Å². The first kappa shape index (κ1) is 27.7. The Hall–Kier alpha value is -6.34. The third kappa shape index (κ3) is 4.43. The van der Waals surface area contributed by atoms with Crippen LogP contribution in [0.25, 0.3) is 97.3 Å². The zero-order chi connectivity index (χ0) is 32.5. The molecule has 0 radical (unpaired) electrons. The molecule has 2 aromatic heterocycles. The van der Waals surface area contributed by atoms with Crippen molar-refractivity contribution in [3.8, 4) is 50.8 Å². The van der Waals surface area contributed by atoms with E-state index in [9.17, 15) is 5.26 Å². The first-order valence-electron chi connectivity index (χ1n) is 16.4. The van der Waals surface area contributed by atoms with Crippen molar-refractivity contribution in [3.63, 3.8) is 0 Å². The largest absolute Gasteiger partial charge is 0.248 e. The highest BCUT2D eigenvalue weighted by Gasteiger charge is 2.16. The summed E-state index contributed by atoms with van der Waals surface area (Å²) in [5.74, 6) is 0. The fourth-order valence-electron chi connectivity index (χ4n) is 7.52. The Morgan fingerprint density at radius 3 is 1.84 bits per heavy atom. The highest BCUT2D eigenvalue weighted by atomic mass is 32.1. The molecule has 0 atom stereocenters. The average Bonchev–Trinajstić information content (AvgIpc) is 3.54. The average molecular weight is 639 g/mol. The van der Waals surface area contributed by atoms with Crippen molar-refractivity contribution < 1.29 is 0 Å². The summed E-state index contributed by atoms with van der Waals surface area (Å²) in [4.78, 5) is 5.13. The molecule has 3 heteroatoms. The Labute approximate surface area is 287 Å². The van der Waals surface area contributed by atoms with Gasteiger partial charge in [0.2, 0.25) is 0 Å². The third-order valence-electron chi connectivity index (χ3n) is 9.86. The number of hydrogen-bond donors (Lipinski definition) is 0. The van der Waals surface area contributed by atoms with E-state index in [1.807, 2.05) is 18.2 Å². The predicted molar refractivity (Wildman–Crippen MR) is 207 cm³/mol. The summed E-state index contributed by atoms with van der Waals surface area (Å²) in [6.45, 7) is 0. The first-order chi connectivity index (χ1) is 24.2. The molecule has 0 aliphatic rings. The van der Waals surface area contributed by atoms with Crippen LogP contribution in [0.3, 0.4) is 0 Å². The van der Waals surface area contributed by atoms with Gasteiger partial charge in [0.1, 0.15) is 0 Å². The van der Waals surface area contributed by atoms with E-state index in [2.05, 4.69) is 146 Å². The quantitative estimate of drug-likeness (QED) is 0.180. The molecule has 10 aromatic rings. The number of nitrogens with zero attached hydrogens (tertiary/aromatic N) is 2. The molecule has 0 bridgehead atoms. The minimum absolute atomic E-state index is 0.692. The van der Waals surface area contributed by atoms with Crippen LogP contribution in [0.4, 0.5) is 0 Å². The molecule has 10 rings (SSSR count). The Bertz CT molecular complexity index is 2950. The molecule has 0 amide bonds. The molecule has 8 aromatic carbocycles. The Balaban J connectivity index is 1.12. The van der Waals surface area contributed by atoms with Gasteiger partial charge in [-0.3, -0.25) is 0 Å². The summed E-state index contributed by atoms with van der Waals surface area (Å²) >= 11 is 1.78. The van der Waals surface area contributed by atoms with Gasteiger partial charge < -0.3 is 0 Å². The number of aromatic nitrogens is 1. The molecule has 0 aliphatic carbocycles. The zero-order valence-electron chi connectivity index (χ0n) is 26.3. The normalized spacial score (nSPS) is 11.7. The lowest BCUT2D eigenvalue weighted by Crippen LogP contribution is -1.92. The maximum Gasteiger partial charge on any atom is 0.0991 e. The van der Waals surface area contributed by atoms with Gasteiger partial charge >= 0.3 is 0 Å². The summed E-state index contributed by atoms with van der Waals surface area (Å²) in [5.41, 5.74) is 9.66. The fraction of sp³-hybridized carbons (Fsp3) is 0. The SMILES string of the molecule is N#Cc1ccc2sc3ccc(-c4cccc(-c5ccc6ccc7c(-c8cccc(-c9ccccc9)n8)ccc8ccc5c6c87)c4)cc3c2c1. The number of rotatable bonds is 4. The second kappa shape index (κ2) is 10.9. The van der Waals surface area contributed by atoms with Crippen molar-refractivity contribution >= 4 is 63.8 Å². The van der Waals surface area contributed by atoms with Gasteiger partial charge in [0, 0.05) is 31.3 Å². The smallest absolute Gasteiger partial charge is 0.0991 e. The van der Waals surface area contributed by atoms with Crippen molar-refractivity contribution in [2.75, 3.05) is 0 Å². The van der Waals surface area contributed by atoms with Gasteiger partial charge in [-0.1, -0.05) is 109 Å². The first-order valence-corrected chi connectivity index (χ1v) is 17.2. The van der Waals surface area contributed by atoms with Crippen molar-refractivity contribution in [1.29, 1.82) is 5.26 Å². The van der Waals surface area contributed by atoms with Crippen molar-refractivity contribution in [3.05, 3.63) is 163 Å². The van der Waals surface area contributed by atoms with E-state index >= 15 is 0 Å². The molecule has 2 nitrogen and oxygen atoms in total. The molecular weight excluding hydrogens is 613 g/mol. The van der Waals surface area contributed by atoms with Crippen molar-refractivity contribution in [1.82, 2.24) is 4.98 Å². The molecule has 0 unspecified atom stereocenters. The van der Waals surface area contributed by atoms with Crippen LogP contribution in [0.15, 0.2) is 158 Å². The topological polar surface area (TPSA) is 36.7 Å². The van der Waals surface area contributed by atoms with Crippen LogP contribution < -0.4 is 0 Å². The molecular formula is C46H26N2S. The van der Waals surface area contributed by atoms with Crippen LogP contribution in [-0.4, -0.2) is 4.98 Å². The van der Waals surface area contributed by atoms with Crippen LogP contribution in [-0.2, 0) is 0 Å². The Kier molecular flexibility index (Phi) is 6.15. The highest BCUT2D eigenvalue weighted by molar-refractivity contribution is 7.25. The molecule has 226 valence electrons. The fourth-order valence-corrected chi connectivity index (χ4v) is 8.59. The minimum Gasteiger partial charge on any atom is -0.248 e. The van der Waals surface area contributed by atoms with Crippen LogP contribution in [0.5, 0.6) is 0 Å². The summed E-state index contributed by atoms with van der Waals surface area (Å²) in [6, 6.07) is 58.6. The number of benzene rings is 8. The van der Waals surface area contributed by atoms with Gasteiger partial charge in [0.25, 0.3) is 0 Å². The number of hydrogen-bond acceptors (Lipinski definition) is 3. The van der Waals surface area contributed by atoms with Crippen molar-refractivity contribution in [2.45, 2.75) is 0 Å². The number of pyridine rings is 1. The summed E-state index contributed by atoms with van der Waals surface area (Å²) in [5, 5.41) is 19.4. The monoisotopic (exact) mass is 638 g/mol. The van der Waals surface area contributed by atoms with Crippen LogP contribution in [0.1, 0.15) is 5.56 Å². The maximum absolute atomic E-state index is 9.51. The van der Waals surface area contributed by atoms with E-state index in [-0.39, 0.29) is 0 Å². The number of thiophene rings is 1. The zero-order valence-corrected chi connectivity index (χ0v) is 27.1.